The normalized spacial score (nSPS) is 17.4. The van der Waals surface area contributed by atoms with Crippen LogP contribution in [0.5, 0.6) is 0 Å². The van der Waals surface area contributed by atoms with Crippen LogP contribution in [0.15, 0.2) is 22.7 Å². The quantitative estimate of drug-likeness (QED) is 0.815. The molecule has 0 heterocycles. The Kier molecular flexibility index (Phi) is 3.62. The van der Waals surface area contributed by atoms with Gasteiger partial charge in [-0.3, -0.25) is 0 Å². The van der Waals surface area contributed by atoms with Crippen LogP contribution >= 0.6 is 15.9 Å². The van der Waals surface area contributed by atoms with E-state index >= 15 is 0 Å². The van der Waals surface area contributed by atoms with Crippen molar-refractivity contribution >= 4 is 15.9 Å². The molecule has 0 bridgehead atoms. The van der Waals surface area contributed by atoms with Gasteiger partial charge in [-0.25, -0.2) is 4.39 Å². The fourth-order valence-corrected chi connectivity index (χ4v) is 2.04. The fourth-order valence-electron chi connectivity index (χ4n) is 1.63. The molecule has 2 rings (SSSR count). The first-order valence-corrected chi connectivity index (χ1v) is 6.32. The van der Waals surface area contributed by atoms with Gasteiger partial charge in [-0.15, -0.1) is 0 Å². The molecule has 2 nitrogen and oxygen atoms in total. The predicted molar refractivity (Wildman–Crippen MR) is 66.8 cm³/mol. The number of hydrogen-bond donors (Lipinski definition) is 2. The van der Waals surface area contributed by atoms with Gasteiger partial charge in [0.1, 0.15) is 5.82 Å². The van der Waals surface area contributed by atoms with Crippen LogP contribution in [0.3, 0.4) is 0 Å². The highest BCUT2D eigenvalue weighted by Crippen LogP contribution is 2.30. The van der Waals surface area contributed by atoms with E-state index in [0.717, 1.165) is 36.0 Å². The zero-order chi connectivity index (χ0) is 11.6. The van der Waals surface area contributed by atoms with Gasteiger partial charge in [-0.05, 0) is 49.6 Å². The Bertz CT molecular complexity index is 377. The molecule has 0 aromatic heterocycles. The van der Waals surface area contributed by atoms with Gasteiger partial charge in [0.25, 0.3) is 0 Å². The lowest BCUT2D eigenvalue weighted by Gasteiger charge is -2.10. The standard InChI is InChI=1S/C12H16BrFN2/c13-10-1-2-11(14)9(7-10)3-6-16-8-12(15)4-5-12/h1-2,7,16H,3-6,8,15H2. The Labute approximate surface area is 104 Å². The Balaban J connectivity index is 1.78. The first-order valence-electron chi connectivity index (χ1n) is 5.53. The summed E-state index contributed by atoms with van der Waals surface area (Å²) in [7, 11) is 0. The van der Waals surface area contributed by atoms with Crippen molar-refractivity contribution in [1.29, 1.82) is 0 Å². The van der Waals surface area contributed by atoms with Crippen LogP contribution in [-0.2, 0) is 6.42 Å². The molecular weight excluding hydrogens is 271 g/mol. The van der Waals surface area contributed by atoms with Crippen molar-refractivity contribution in [2.24, 2.45) is 5.73 Å². The molecule has 1 aromatic carbocycles. The molecule has 1 aliphatic carbocycles. The van der Waals surface area contributed by atoms with E-state index in [-0.39, 0.29) is 11.4 Å². The molecule has 1 saturated carbocycles. The van der Waals surface area contributed by atoms with Crippen molar-refractivity contribution in [3.05, 3.63) is 34.1 Å². The first kappa shape index (κ1) is 12.0. The van der Waals surface area contributed by atoms with Crippen molar-refractivity contribution in [1.82, 2.24) is 5.32 Å². The third kappa shape index (κ3) is 3.27. The number of benzene rings is 1. The van der Waals surface area contributed by atoms with E-state index in [4.69, 9.17) is 5.73 Å². The minimum atomic E-state index is -0.140. The Morgan fingerprint density at radius 1 is 1.44 bits per heavy atom. The van der Waals surface area contributed by atoms with E-state index in [1.807, 2.05) is 6.07 Å². The van der Waals surface area contributed by atoms with Crippen molar-refractivity contribution in [2.75, 3.05) is 13.1 Å². The highest BCUT2D eigenvalue weighted by atomic mass is 79.9. The predicted octanol–water partition coefficient (Wildman–Crippen LogP) is 2.21. The summed E-state index contributed by atoms with van der Waals surface area (Å²) in [5, 5.41) is 3.28. The Hall–Kier alpha value is -0.450. The summed E-state index contributed by atoms with van der Waals surface area (Å²) in [4.78, 5) is 0. The SMILES string of the molecule is NC1(CNCCc2cc(Br)ccc2F)CC1. The van der Waals surface area contributed by atoms with Gasteiger partial charge in [-0.2, -0.15) is 0 Å². The van der Waals surface area contributed by atoms with Crippen molar-refractivity contribution < 1.29 is 4.39 Å². The summed E-state index contributed by atoms with van der Waals surface area (Å²) >= 11 is 3.34. The van der Waals surface area contributed by atoms with Crippen LogP contribution in [0.2, 0.25) is 0 Å². The number of nitrogens with one attached hydrogen (secondary N) is 1. The lowest BCUT2D eigenvalue weighted by molar-refractivity contribution is 0.559. The van der Waals surface area contributed by atoms with Gasteiger partial charge in [0.15, 0.2) is 0 Å². The van der Waals surface area contributed by atoms with E-state index in [9.17, 15) is 4.39 Å². The number of rotatable bonds is 5. The second-order valence-corrected chi connectivity index (χ2v) is 5.44. The molecule has 88 valence electrons. The third-order valence-corrected chi connectivity index (χ3v) is 3.44. The number of halogens is 2. The minimum Gasteiger partial charge on any atom is -0.324 e. The minimum absolute atomic E-state index is 0.0236. The molecule has 0 aliphatic heterocycles. The lowest BCUT2D eigenvalue weighted by Crippen LogP contribution is -2.36. The summed E-state index contributed by atoms with van der Waals surface area (Å²) < 4.78 is 14.3. The summed E-state index contributed by atoms with van der Waals surface area (Å²) in [5.41, 5.74) is 6.70. The topological polar surface area (TPSA) is 38.0 Å². The van der Waals surface area contributed by atoms with E-state index in [1.165, 1.54) is 6.07 Å². The third-order valence-electron chi connectivity index (χ3n) is 2.95. The van der Waals surface area contributed by atoms with Gasteiger partial charge in [0, 0.05) is 16.6 Å². The van der Waals surface area contributed by atoms with Crippen LogP contribution in [0.25, 0.3) is 0 Å². The smallest absolute Gasteiger partial charge is 0.126 e. The average molecular weight is 287 g/mol. The summed E-state index contributed by atoms with van der Waals surface area (Å²) in [5.74, 6) is -0.140. The summed E-state index contributed by atoms with van der Waals surface area (Å²) in [6, 6.07) is 5.03. The maximum absolute atomic E-state index is 13.4. The summed E-state index contributed by atoms with van der Waals surface area (Å²) in [6.07, 6.45) is 2.90. The largest absolute Gasteiger partial charge is 0.324 e. The molecule has 1 fully saturated rings. The van der Waals surface area contributed by atoms with Crippen LogP contribution in [-0.4, -0.2) is 18.6 Å². The number of hydrogen-bond acceptors (Lipinski definition) is 2. The van der Waals surface area contributed by atoms with Crippen LogP contribution in [0, 0.1) is 5.82 Å². The molecule has 0 radical (unpaired) electrons. The molecule has 0 atom stereocenters. The zero-order valence-corrected chi connectivity index (χ0v) is 10.7. The maximum atomic E-state index is 13.4. The highest BCUT2D eigenvalue weighted by molar-refractivity contribution is 9.10. The molecule has 0 unspecified atom stereocenters. The Morgan fingerprint density at radius 3 is 2.88 bits per heavy atom. The van der Waals surface area contributed by atoms with Gasteiger partial charge in [-0.1, -0.05) is 15.9 Å². The fraction of sp³-hybridized carbons (Fsp3) is 0.500. The average Bonchev–Trinajstić information content (AvgIpc) is 2.97. The molecule has 0 spiro atoms. The first-order chi connectivity index (χ1) is 7.59. The molecule has 0 amide bonds. The second kappa shape index (κ2) is 4.82. The van der Waals surface area contributed by atoms with Crippen LogP contribution < -0.4 is 11.1 Å². The second-order valence-electron chi connectivity index (χ2n) is 4.52. The van der Waals surface area contributed by atoms with E-state index in [2.05, 4.69) is 21.2 Å². The maximum Gasteiger partial charge on any atom is 0.126 e. The van der Waals surface area contributed by atoms with Gasteiger partial charge < -0.3 is 11.1 Å². The molecule has 1 aliphatic rings. The highest BCUT2D eigenvalue weighted by Gasteiger charge is 2.37. The lowest BCUT2D eigenvalue weighted by atomic mass is 10.1. The monoisotopic (exact) mass is 286 g/mol. The van der Waals surface area contributed by atoms with Crippen LogP contribution in [0.4, 0.5) is 4.39 Å². The van der Waals surface area contributed by atoms with Gasteiger partial charge in [0.05, 0.1) is 0 Å². The molecule has 4 heteroatoms. The van der Waals surface area contributed by atoms with Gasteiger partial charge >= 0.3 is 0 Å². The van der Waals surface area contributed by atoms with Gasteiger partial charge in [0.2, 0.25) is 0 Å². The zero-order valence-electron chi connectivity index (χ0n) is 9.10. The van der Waals surface area contributed by atoms with Crippen molar-refractivity contribution in [2.45, 2.75) is 24.8 Å². The molecule has 0 saturated heterocycles. The molecule has 3 N–H and O–H groups in total. The summed E-state index contributed by atoms with van der Waals surface area (Å²) in [6.45, 7) is 1.61. The number of nitrogens with two attached hydrogens (primary N) is 1. The molecular formula is C12H16BrFN2. The van der Waals surface area contributed by atoms with Crippen LogP contribution in [0.1, 0.15) is 18.4 Å². The van der Waals surface area contributed by atoms with E-state index in [0.29, 0.717) is 6.42 Å². The van der Waals surface area contributed by atoms with E-state index in [1.54, 1.807) is 6.07 Å². The molecule has 16 heavy (non-hydrogen) atoms. The van der Waals surface area contributed by atoms with Crippen molar-refractivity contribution in [3.63, 3.8) is 0 Å². The van der Waals surface area contributed by atoms with Crippen molar-refractivity contribution in [3.8, 4) is 0 Å². The van der Waals surface area contributed by atoms with E-state index < -0.39 is 0 Å². The molecule has 1 aromatic rings. The Morgan fingerprint density at radius 2 is 2.19 bits per heavy atom.